The van der Waals surface area contributed by atoms with E-state index in [1.54, 1.807) is 6.07 Å². The molecule has 114 valence electrons. The molecule has 2 heterocycles. The van der Waals surface area contributed by atoms with E-state index in [4.69, 9.17) is 0 Å². The summed E-state index contributed by atoms with van der Waals surface area (Å²) in [5, 5.41) is 7.23. The lowest BCUT2D eigenvalue weighted by molar-refractivity contribution is -0.117. The third-order valence-electron chi connectivity index (χ3n) is 4.16. The average molecular weight is 299 g/mol. The molecule has 0 bridgehead atoms. The van der Waals surface area contributed by atoms with Gasteiger partial charge >= 0.3 is 0 Å². The van der Waals surface area contributed by atoms with Crippen LogP contribution in [0.2, 0.25) is 0 Å². The maximum atomic E-state index is 12.1. The predicted molar refractivity (Wildman–Crippen MR) is 80.1 cm³/mol. The molecule has 2 aromatic heterocycles. The van der Waals surface area contributed by atoms with Crippen LogP contribution in [0.15, 0.2) is 10.9 Å². The van der Waals surface area contributed by atoms with Crippen LogP contribution in [0.5, 0.6) is 0 Å². The number of rotatable bonds is 3. The number of nitrogens with zero attached hydrogens (tertiary/aromatic N) is 3. The van der Waals surface area contributed by atoms with Crippen LogP contribution in [0.25, 0.3) is 5.95 Å². The first kappa shape index (κ1) is 13.2. The van der Waals surface area contributed by atoms with E-state index >= 15 is 0 Å². The maximum absolute atomic E-state index is 12.1. The Morgan fingerprint density at radius 1 is 1.41 bits per heavy atom. The van der Waals surface area contributed by atoms with E-state index in [0.717, 1.165) is 49.1 Å². The number of carbonyl (C=O) groups excluding carboxylic acids is 1. The lowest BCUT2D eigenvalue weighted by Crippen LogP contribution is -2.21. The van der Waals surface area contributed by atoms with Gasteiger partial charge in [-0.15, -0.1) is 0 Å². The third-order valence-corrected chi connectivity index (χ3v) is 4.16. The Balaban J connectivity index is 1.74. The molecule has 7 nitrogen and oxygen atoms in total. The summed E-state index contributed by atoms with van der Waals surface area (Å²) in [6.07, 6.45) is 4.43. The Morgan fingerprint density at radius 2 is 2.23 bits per heavy atom. The second-order valence-corrected chi connectivity index (χ2v) is 6.01. The van der Waals surface area contributed by atoms with Crippen molar-refractivity contribution in [1.82, 2.24) is 19.7 Å². The van der Waals surface area contributed by atoms with Gasteiger partial charge in [0.05, 0.1) is 11.4 Å². The largest absolute Gasteiger partial charge is 0.310 e. The molecule has 2 N–H and O–H groups in total. The van der Waals surface area contributed by atoms with Gasteiger partial charge in [-0.1, -0.05) is 0 Å². The zero-order valence-electron chi connectivity index (χ0n) is 12.3. The quantitative estimate of drug-likeness (QED) is 0.887. The molecule has 2 aliphatic rings. The van der Waals surface area contributed by atoms with E-state index in [0.29, 0.717) is 11.8 Å². The number of anilines is 1. The summed E-state index contributed by atoms with van der Waals surface area (Å²) in [7, 11) is 0. The number of H-pyrrole nitrogens is 1. The molecule has 22 heavy (non-hydrogen) atoms. The summed E-state index contributed by atoms with van der Waals surface area (Å²) in [4.78, 5) is 31.4. The van der Waals surface area contributed by atoms with Gasteiger partial charge in [0.2, 0.25) is 11.9 Å². The SMILES string of the molecule is Cc1cc(NC(=O)C2CC2)n(-c2nc3c(c(=O)[nH]2)CCC3)n1. The van der Waals surface area contributed by atoms with Crippen molar-refractivity contribution in [2.45, 2.75) is 39.0 Å². The van der Waals surface area contributed by atoms with E-state index in [1.807, 2.05) is 6.92 Å². The van der Waals surface area contributed by atoms with E-state index in [2.05, 4.69) is 20.4 Å². The molecule has 0 spiro atoms. The fraction of sp³-hybridized carbons (Fsp3) is 0.467. The highest BCUT2D eigenvalue weighted by Gasteiger charge is 2.30. The molecule has 0 atom stereocenters. The van der Waals surface area contributed by atoms with Crippen molar-refractivity contribution >= 4 is 11.7 Å². The number of nitrogens with one attached hydrogen (secondary N) is 2. The lowest BCUT2D eigenvalue weighted by atomic mass is 10.3. The number of aryl methyl sites for hydroxylation is 2. The summed E-state index contributed by atoms with van der Waals surface area (Å²) in [6, 6.07) is 1.79. The number of amides is 1. The topological polar surface area (TPSA) is 92.7 Å². The minimum atomic E-state index is -0.106. The Labute approximate surface area is 126 Å². The van der Waals surface area contributed by atoms with Crippen molar-refractivity contribution in [3.63, 3.8) is 0 Å². The van der Waals surface area contributed by atoms with Gasteiger partial charge in [0.15, 0.2) is 0 Å². The van der Waals surface area contributed by atoms with Gasteiger partial charge in [0.1, 0.15) is 5.82 Å². The molecule has 1 saturated carbocycles. The summed E-state index contributed by atoms with van der Waals surface area (Å²) < 4.78 is 1.51. The smallest absolute Gasteiger partial charge is 0.255 e. The molecule has 0 saturated heterocycles. The monoisotopic (exact) mass is 299 g/mol. The highest BCUT2D eigenvalue weighted by atomic mass is 16.2. The summed E-state index contributed by atoms with van der Waals surface area (Å²) >= 11 is 0. The maximum Gasteiger partial charge on any atom is 0.255 e. The van der Waals surface area contributed by atoms with Crippen LogP contribution in [-0.2, 0) is 17.6 Å². The lowest BCUT2D eigenvalue weighted by Gasteiger charge is -2.08. The summed E-state index contributed by atoms with van der Waals surface area (Å²) in [5.41, 5.74) is 2.27. The van der Waals surface area contributed by atoms with Crippen molar-refractivity contribution in [2.75, 3.05) is 5.32 Å². The Kier molecular flexibility index (Phi) is 2.88. The van der Waals surface area contributed by atoms with Crippen molar-refractivity contribution < 1.29 is 4.79 Å². The minimum Gasteiger partial charge on any atom is -0.310 e. The molecule has 4 rings (SSSR count). The molecule has 0 aliphatic heterocycles. The van der Waals surface area contributed by atoms with Crippen LogP contribution in [0, 0.1) is 12.8 Å². The van der Waals surface area contributed by atoms with Gasteiger partial charge < -0.3 is 5.32 Å². The van der Waals surface area contributed by atoms with Crippen LogP contribution < -0.4 is 10.9 Å². The van der Waals surface area contributed by atoms with Gasteiger partial charge in [0.25, 0.3) is 5.56 Å². The van der Waals surface area contributed by atoms with Gasteiger partial charge in [-0.3, -0.25) is 14.6 Å². The molecule has 7 heteroatoms. The normalized spacial score (nSPS) is 16.6. The van der Waals surface area contributed by atoms with Crippen molar-refractivity contribution in [1.29, 1.82) is 0 Å². The number of aromatic nitrogens is 4. The number of aromatic amines is 1. The predicted octanol–water partition coefficient (Wildman–Crippen LogP) is 1.10. The second-order valence-electron chi connectivity index (χ2n) is 6.01. The molecular formula is C15H17N5O2. The number of fused-ring (bicyclic) bond motifs is 1. The molecule has 0 aromatic carbocycles. The Bertz CT molecular complexity index is 816. The van der Waals surface area contributed by atoms with E-state index in [1.165, 1.54) is 4.68 Å². The first-order valence-electron chi connectivity index (χ1n) is 7.62. The van der Waals surface area contributed by atoms with Crippen molar-refractivity contribution in [3.05, 3.63) is 33.4 Å². The van der Waals surface area contributed by atoms with Crippen LogP contribution in [0.4, 0.5) is 5.82 Å². The van der Waals surface area contributed by atoms with Gasteiger partial charge in [-0.25, -0.2) is 4.98 Å². The highest BCUT2D eigenvalue weighted by Crippen LogP contribution is 2.30. The fourth-order valence-electron chi connectivity index (χ4n) is 2.85. The molecule has 1 amide bonds. The molecule has 2 aliphatic carbocycles. The van der Waals surface area contributed by atoms with E-state index < -0.39 is 0 Å². The summed E-state index contributed by atoms with van der Waals surface area (Å²) in [5.74, 6) is 1.03. The van der Waals surface area contributed by atoms with Crippen molar-refractivity contribution in [2.24, 2.45) is 5.92 Å². The third kappa shape index (κ3) is 2.22. The molecule has 2 aromatic rings. The van der Waals surface area contributed by atoms with Crippen molar-refractivity contribution in [3.8, 4) is 5.95 Å². The number of hydrogen-bond acceptors (Lipinski definition) is 4. The molecule has 0 unspecified atom stereocenters. The van der Waals surface area contributed by atoms with E-state index in [-0.39, 0.29) is 17.4 Å². The Hall–Kier alpha value is -2.44. The van der Waals surface area contributed by atoms with E-state index in [9.17, 15) is 9.59 Å². The highest BCUT2D eigenvalue weighted by molar-refractivity contribution is 5.93. The summed E-state index contributed by atoms with van der Waals surface area (Å²) in [6.45, 7) is 1.84. The van der Waals surface area contributed by atoms with Gasteiger partial charge in [0, 0.05) is 17.5 Å². The van der Waals surface area contributed by atoms with Gasteiger partial charge in [-0.05, 0) is 39.0 Å². The molecule has 0 radical (unpaired) electrons. The average Bonchev–Trinajstić information content (AvgIpc) is 3.11. The molecular weight excluding hydrogens is 282 g/mol. The van der Waals surface area contributed by atoms with Gasteiger partial charge in [-0.2, -0.15) is 9.78 Å². The second kappa shape index (κ2) is 4.79. The number of carbonyl (C=O) groups is 1. The van der Waals surface area contributed by atoms with Crippen LogP contribution in [-0.4, -0.2) is 25.7 Å². The first-order chi connectivity index (χ1) is 10.6. The zero-order valence-corrected chi connectivity index (χ0v) is 12.3. The van der Waals surface area contributed by atoms with Crippen LogP contribution >= 0.6 is 0 Å². The molecule has 1 fully saturated rings. The number of hydrogen-bond donors (Lipinski definition) is 2. The Morgan fingerprint density at radius 3 is 3.00 bits per heavy atom. The zero-order chi connectivity index (χ0) is 15.3. The van der Waals surface area contributed by atoms with Crippen LogP contribution in [0.3, 0.4) is 0 Å². The fourth-order valence-corrected chi connectivity index (χ4v) is 2.85. The van der Waals surface area contributed by atoms with Crippen LogP contribution in [0.1, 0.15) is 36.2 Å². The minimum absolute atomic E-state index is 0.00431. The first-order valence-corrected chi connectivity index (χ1v) is 7.62. The standard InChI is InChI=1S/C15H17N5O2/c1-8-7-12(17-13(21)9-5-6-9)20(19-8)15-16-11-4-2-3-10(11)14(22)18-15/h7,9H,2-6H2,1H3,(H,17,21)(H,16,18,22).